The molecule has 1 rings (SSSR count). The topological polar surface area (TPSA) is 46.5 Å². The van der Waals surface area contributed by atoms with Gasteiger partial charge >= 0.3 is 5.97 Å². The summed E-state index contributed by atoms with van der Waals surface area (Å²) in [6.07, 6.45) is 0.0612. The first kappa shape index (κ1) is 13.7. The predicted octanol–water partition coefficient (Wildman–Crippen LogP) is 2.08. The van der Waals surface area contributed by atoms with E-state index < -0.39 is 12.1 Å². The first-order valence-corrected chi connectivity index (χ1v) is 5.78. The highest BCUT2D eigenvalue weighted by molar-refractivity contribution is 5.74. The van der Waals surface area contributed by atoms with Gasteiger partial charge in [-0.05, 0) is 50.3 Å². The smallest absolute Gasteiger partial charge is 0.334 e. The van der Waals surface area contributed by atoms with Crippen molar-refractivity contribution in [3.63, 3.8) is 0 Å². The van der Waals surface area contributed by atoms with Crippen LogP contribution in [0.4, 0.5) is 0 Å². The van der Waals surface area contributed by atoms with Crippen LogP contribution in [-0.4, -0.2) is 24.3 Å². The maximum absolute atomic E-state index is 11.1. The third-order valence-electron chi connectivity index (χ3n) is 2.98. The third kappa shape index (κ3) is 3.56. The molecule has 0 saturated carbocycles. The summed E-state index contributed by atoms with van der Waals surface area (Å²) < 4.78 is 4.49. The Kier molecular flexibility index (Phi) is 4.70. The van der Waals surface area contributed by atoms with Crippen LogP contribution in [0.5, 0.6) is 0 Å². The van der Waals surface area contributed by atoms with Gasteiger partial charge in [-0.3, -0.25) is 0 Å². The second-order valence-corrected chi connectivity index (χ2v) is 4.45. The van der Waals surface area contributed by atoms with Crippen molar-refractivity contribution in [2.24, 2.45) is 0 Å². The molecule has 94 valence electrons. The van der Waals surface area contributed by atoms with Gasteiger partial charge in [-0.15, -0.1) is 0 Å². The van der Waals surface area contributed by atoms with Gasteiger partial charge in [0, 0.05) is 0 Å². The molecular weight excluding hydrogens is 216 g/mol. The molecule has 1 aromatic rings. The number of rotatable bonds is 4. The highest BCUT2D eigenvalue weighted by Gasteiger charge is 2.16. The van der Waals surface area contributed by atoms with Crippen LogP contribution < -0.4 is 0 Å². The second-order valence-electron chi connectivity index (χ2n) is 4.45. The summed E-state index contributed by atoms with van der Waals surface area (Å²) in [5.41, 5.74) is 4.86. The Morgan fingerprint density at radius 3 is 2.29 bits per heavy atom. The minimum absolute atomic E-state index is 0.400. The van der Waals surface area contributed by atoms with E-state index in [1.807, 2.05) is 0 Å². The van der Waals surface area contributed by atoms with Crippen LogP contribution in [0.15, 0.2) is 12.1 Å². The van der Waals surface area contributed by atoms with Gasteiger partial charge in [0.25, 0.3) is 0 Å². The number of hydrogen-bond donors (Lipinski definition) is 1. The number of benzene rings is 1. The third-order valence-corrected chi connectivity index (χ3v) is 2.98. The van der Waals surface area contributed by atoms with Gasteiger partial charge in [0.05, 0.1) is 7.11 Å². The first-order chi connectivity index (χ1) is 7.95. The highest BCUT2D eigenvalue weighted by Crippen LogP contribution is 2.18. The lowest BCUT2D eigenvalue weighted by atomic mass is 9.95. The number of esters is 1. The van der Waals surface area contributed by atoms with Crippen molar-refractivity contribution in [2.45, 2.75) is 39.7 Å². The van der Waals surface area contributed by atoms with E-state index in [1.54, 1.807) is 0 Å². The van der Waals surface area contributed by atoms with Crippen molar-refractivity contribution in [2.75, 3.05) is 7.11 Å². The lowest BCUT2D eigenvalue weighted by Gasteiger charge is -2.13. The number of carbonyl (C=O) groups excluding carboxylic acids is 1. The van der Waals surface area contributed by atoms with E-state index >= 15 is 0 Å². The fourth-order valence-corrected chi connectivity index (χ4v) is 2.14. The van der Waals surface area contributed by atoms with Crippen molar-refractivity contribution in [3.8, 4) is 0 Å². The lowest BCUT2D eigenvalue weighted by molar-refractivity contribution is -0.150. The number of hydrogen-bond acceptors (Lipinski definition) is 3. The fourth-order valence-electron chi connectivity index (χ4n) is 2.14. The Morgan fingerprint density at radius 1 is 1.29 bits per heavy atom. The first-order valence-electron chi connectivity index (χ1n) is 5.78. The maximum atomic E-state index is 11.1. The van der Waals surface area contributed by atoms with Gasteiger partial charge in [-0.25, -0.2) is 4.79 Å². The Bertz CT molecular complexity index is 387. The number of aliphatic hydroxyl groups is 1. The van der Waals surface area contributed by atoms with Crippen LogP contribution in [0.3, 0.4) is 0 Å². The second kappa shape index (κ2) is 5.82. The monoisotopic (exact) mass is 236 g/mol. The maximum Gasteiger partial charge on any atom is 0.334 e. The number of aryl methyl sites for hydroxylation is 3. The van der Waals surface area contributed by atoms with E-state index in [-0.39, 0.29) is 0 Å². The SMILES string of the molecule is COC(=O)C(O)CCc1c(C)cc(C)cc1C. The zero-order valence-electron chi connectivity index (χ0n) is 10.9. The predicted molar refractivity (Wildman–Crippen MR) is 67.0 cm³/mol. The minimum atomic E-state index is -1.03. The van der Waals surface area contributed by atoms with E-state index in [9.17, 15) is 9.90 Å². The van der Waals surface area contributed by atoms with Crippen molar-refractivity contribution < 1.29 is 14.6 Å². The molecule has 1 atom stereocenters. The zero-order chi connectivity index (χ0) is 13.0. The van der Waals surface area contributed by atoms with Crippen molar-refractivity contribution in [3.05, 3.63) is 34.4 Å². The molecule has 0 aliphatic heterocycles. The van der Waals surface area contributed by atoms with E-state index in [0.717, 1.165) is 0 Å². The quantitative estimate of drug-likeness (QED) is 0.814. The minimum Gasteiger partial charge on any atom is -0.467 e. The summed E-state index contributed by atoms with van der Waals surface area (Å²) in [7, 11) is 1.29. The van der Waals surface area contributed by atoms with Gasteiger partial charge in [0.15, 0.2) is 6.10 Å². The van der Waals surface area contributed by atoms with Crippen LogP contribution in [0, 0.1) is 20.8 Å². The molecule has 3 nitrogen and oxygen atoms in total. The highest BCUT2D eigenvalue weighted by atomic mass is 16.5. The van der Waals surface area contributed by atoms with Gasteiger partial charge in [-0.1, -0.05) is 17.7 Å². The Hall–Kier alpha value is -1.35. The average molecular weight is 236 g/mol. The molecule has 17 heavy (non-hydrogen) atoms. The summed E-state index contributed by atoms with van der Waals surface area (Å²) in [6.45, 7) is 6.17. The molecule has 0 fully saturated rings. The van der Waals surface area contributed by atoms with Gasteiger partial charge in [0.1, 0.15) is 0 Å². The van der Waals surface area contributed by atoms with E-state index in [2.05, 4.69) is 37.6 Å². The Morgan fingerprint density at radius 2 is 1.82 bits per heavy atom. The molecule has 0 radical (unpaired) electrons. The molecule has 0 spiro atoms. The van der Waals surface area contributed by atoms with Crippen LogP contribution in [0.2, 0.25) is 0 Å². The Labute approximate surface area is 102 Å². The number of methoxy groups -OCH3 is 1. The van der Waals surface area contributed by atoms with E-state index in [0.29, 0.717) is 12.8 Å². The van der Waals surface area contributed by atoms with Gasteiger partial charge in [-0.2, -0.15) is 0 Å². The zero-order valence-corrected chi connectivity index (χ0v) is 10.9. The lowest BCUT2D eigenvalue weighted by Crippen LogP contribution is -2.22. The number of ether oxygens (including phenoxy) is 1. The molecule has 1 N–H and O–H groups in total. The molecule has 0 bridgehead atoms. The van der Waals surface area contributed by atoms with Crippen molar-refractivity contribution in [1.29, 1.82) is 0 Å². The van der Waals surface area contributed by atoms with Crippen LogP contribution in [0.1, 0.15) is 28.7 Å². The van der Waals surface area contributed by atoms with Crippen LogP contribution >= 0.6 is 0 Å². The van der Waals surface area contributed by atoms with E-state index in [4.69, 9.17) is 0 Å². The summed E-state index contributed by atoms with van der Waals surface area (Å²) in [4.78, 5) is 11.1. The largest absolute Gasteiger partial charge is 0.467 e. The molecule has 0 aromatic heterocycles. The number of aliphatic hydroxyl groups excluding tert-OH is 1. The molecule has 0 saturated heterocycles. The molecule has 3 heteroatoms. The molecule has 1 aromatic carbocycles. The fraction of sp³-hybridized carbons (Fsp3) is 0.500. The summed E-state index contributed by atoms with van der Waals surface area (Å²) >= 11 is 0. The normalized spacial score (nSPS) is 12.3. The molecule has 1 unspecified atom stereocenters. The Balaban J connectivity index is 2.73. The number of carbonyl (C=O) groups is 1. The van der Waals surface area contributed by atoms with Gasteiger partial charge < -0.3 is 9.84 Å². The summed E-state index contributed by atoms with van der Waals surface area (Å²) in [5, 5.41) is 9.54. The molecule has 0 aliphatic rings. The van der Waals surface area contributed by atoms with E-state index in [1.165, 1.54) is 29.4 Å². The van der Waals surface area contributed by atoms with Crippen LogP contribution in [-0.2, 0) is 16.0 Å². The summed E-state index contributed by atoms with van der Waals surface area (Å²) in [5.74, 6) is -0.563. The average Bonchev–Trinajstić information content (AvgIpc) is 2.26. The molecule has 0 heterocycles. The summed E-state index contributed by atoms with van der Waals surface area (Å²) in [6, 6.07) is 4.24. The molecule has 0 aliphatic carbocycles. The molecule has 0 amide bonds. The molecular formula is C14H20O3. The van der Waals surface area contributed by atoms with Crippen molar-refractivity contribution in [1.82, 2.24) is 0 Å². The van der Waals surface area contributed by atoms with Crippen molar-refractivity contribution >= 4 is 5.97 Å². The standard InChI is InChI=1S/C14H20O3/c1-9-7-10(2)12(11(3)8-9)5-6-13(15)14(16)17-4/h7-8,13,15H,5-6H2,1-4H3. The van der Waals surface area contributed by atoms with Gasteiger partial charge in [0.2, 0.25) is 0 Å². The van der Waals surface area contributed by atoms with Crippen LogP contribution in [0.25, 0.3) is 0 Å².